The van der Waals surface area contributed by atoms with Gasteiger partial charge in [0.2, 0.25) is 0 Å². The normalized spacial score (nSPS) is 15.1. The highest BCUT2D eigenvalue weighted by molar-refractivity contribution is 5.29. The van der Waals surface area contributed by atoms with Gasteiger partial charge in [-0.25, -0.2) is 0 Å². The second-order valence-corrected chi connectivity index (χ2v) is 4.92. The number of ether oxygens (including phenoxy) is 1. The topological polar surface area (TPSA) is 49.7 Å². The first kappa shape index (κ1) is 14.0. The van der Waals surface area contributed by atoms with Gasteiger partial charge in [-0.1, -0.05) is 26.0 Å². The van der Waals surface area contributed by atoms with Crippen molar-refractivity contribution in [1.82, 2.24) is 0 Å². The Morgan fingerprint density at radius 2 is 1.47 bits per heavy atom. The van der Waals surface area contributed by atoms with Crippen LogP contribution < -0.4 is 4.74 Å². The molecule has 1 rings (SSSR count). The zero-order valence-electron chi connectivity index (χ0n) is 10.9. The van der Waals surface area contributed by atoms with Crippen LogP contribution in [0, 0.1) is 5.92 Å². The fraction of sp³-hybridized carbons (Fsp3) is 0.571. The van der Waals surface area contributed by atoms with Gasteiger partial charge in [-0.3, -0.25) is 0 Å². The van der Waals surface area contributed by atoms with Crippen molar-refractivity contribution in [2.75, 3.05) is 0 Å². The first-order valence-electron chi connectivity index (χ1n) is 6.04. The van der Waals surface area contributed by atoms with Crippen LogP contribution in [0.25, 0.3) is 0 Å². The van der Waals surface area contributed by atoms with E-state index in [0.717, 1.165) is 5.75 Å². The van der Waals surface area contributed by atoms with Gasteiger partial charge in [0.1, 0.15) is 11.9 Å². The molecule has 0 spiro atoms. The van der Waals surface area contributed by atoms with Crippen molar-refractivity contribution < 1.29 is 14.9 Å². The second-order valence-electron chi connectivity index (χ2n) is 4.92. The van der Waals surface area contributed by atoms with Gasteiger partial charge in [0, 0.05) is 0 Å². The van der Waals surface area contributed by atoms with Gasteiger partial charge in [-0.05, 0) is 37.5 Å². The van der Waals surface area contributed by atoms with Gasteiger partial charge in [0.15, 0.2) is 0 Å². The molecule has 0 bridgehead atoms. The summed E-state index contributed by atoms with van der Waals surface area (Å²) in [6.45, 7) is 7.69. The third-order valence-corrected chi connectivity index (χ3v) is 2.60. The van der Waals surface area contributed by atoms with E-state index in [1.165, 1.54) is 0 Å². The summed E-state index contributed by atoms with van der Waals surface area (Å²) in [5.74, 6) is 0.798. The van der Waals surface area contributed by atoms with E-state index in [1.807, 2.05) is 39.8 Å². The van der Waals surface area contributed by atoms with E-state index in [4.69, 9.17) is 4.74 Å². The first-order chi connectivity index (χ1) is 7.91. The lowest BCUT2D eigenvalue weighted by atomic mass is 9.96. The summed E-state index contributed by atoms with van der Waals surface area (Å²) in [5, 5.41) is 19.7. The monoisotopic (exact) mass is 238 g/mol. The predicted molar refractivity (Wildman–Crippen MR) is 68.0 cm³/mol. The van der Waals surface area contributed by atoms with Crippen LogP contribution in [-0.2, 0) is 0 Å². The quantitative estimate of drug-likeness (QED) is 0.828. The largest absolute Gasteiger partial charge is 0.491 e. The van der Waals surface area contributed by atoms with Crippen molar-refractivity contribution in [1.29, 1.82) is 0 Å². The SMILES string of the molecule is CC(C)Oc1ccc(C(O)C(O)C(C)C)cc1. The van der Waals surface area contributed by atoms with Gasteiger partial charge >= 0.3 is 0 Å². The van der Waals surface area contributed by atoms with E-state index in [1.54, 1.807) is 12.1 Å². The summed E-state index contributed by atoms with van der Waals surface area (Å²) in [4.78, 5) is 0. The lowest BCUT2D eigenvalue weighted by molar-refractivity contribution is -0.00942. The molecule has 0 amide bonds. The van der Waals surface area contributed by atoms with E-state index in [9.17, 15) is 10.2 Å². The summed E-state index contributed by atoms with van der Waals surface area (Å²) in [6, 6.07) is 7.19. The van der Waals surface area contributed by atoms with Crippen LogP contribution in [0.2, 0.25) is 0 Å². The van der Waals surface area contributed by atoms with Crippen LogP contribution in [0.3, 0.4) is 0 Å². The smallest absolute Gasteiger partial charge is 0.119 e. The maximum absolute atomic E-state index is 9.94. The van der Waals surface area contributed by atoms with Crippen LogP contribution in [0.15, 0.2) is 24.3 Å². The van der Waals surface area contributed by atoms with Gasteiger partial charge in [0.05, 0.1) is 12.2 Å². The molecule has 96 valence electrons. The molecule has 0 aliphatic heterocycles. The predicted octanol–water partition coefficient (Wildman–Crippen LogP) is 2.52. The van der Waals surface area contributed by atoms with Crippen molar-refractivity contribution in [2.45, 2.75) is 46.0 Å². The molecule has 2 unspecified atom stereocenters. The fourth-order valence-corrected chi connectivity index (χ4v) is 1.58. The molecule has 2 atom stereocenters. The Morgan fingerprint density at radius 1 is 0.941 bits per heavy atom. The molecule has 3 nitrogen and oxygen atoms in total. The van der Waals surface area contributed by atoms with Crippen LogP contribution in [-0.4, -0.2) is 22.4 Å². The maximum atomic E-state index is 9.94. The van der Waals surface area contributed by atoms with Crippen LogP contribution >= 0.6 is 0 Å². The summed E-state index contributed by atoms with van der Waals surface area (Å²) in [6.07, 6.45) is -1.46. The molecule has 17 heavy (non-hydrogen) atoms. The highest BCUT2D eigenvalue weighted by Gasteiger charge is 2.21. The number of hydrogen-bond acceptors (Lipinski definition) is 3. The Kier molecular flexibility index (Phi) is 4.97. The highest BCUT2D eigenvalue weighted by Crippen LogP contribution is 2.24. The molecule has 0 fully saturated rings. The Hall–Kier alpha value is -1.06. The average molecular weight is 238 g/mol. The van der Waals surface area contributed by atoms with E-state index >= 15 is 0 Å². The van der Waals surface area contributed by atoms with Gasteiger partial charge in [-0.15, -0.1) is 0 Å². The zero-order valence-corrected chi connectivity index (χ0v) is 10.9. The van der Waals surface area contributed by atoms with E-state index in [2.05, 4.69) is 0 Å². The van der Waals surface area contributed by atoms with Crippen LogP contribution in [0.4, 0.5) is 0 Å². The summed E-state index contributed by atoms with van der Waals surface area (Å²) < 4.78 is 5.51. The van der Waals surface area contributed by atoms with Crippen LogP contribution in [0.5, 0.6) is 5.75 Å². The second kappa shape index (κ2) is 6.03. The summed E-state index contributed by atoms with van der Waals surface area (Å²) in [7, 11) is 0. The van der Waals surface area contributed by atoms with Crippen molar-refractivity contribution >= 4 is 0 Å². The van der Waals surface area contributed by atoms with Gasteiger partial charge in [-0.2, -0.15) is 0 Å². The molecule has 1 aromatic rings. The minimum absolute atomic E-state index is 0.0246. The molecule has 1 aromatic carbocycles. The Balaban J connectivity index is 2.73. The molecule has 0 radical (unpaired) electrons. The Bertz CT molecular complexity index is 330. The molecule has 2 N–H and O–H groups in total. The zero-order chi connectivity index (χ0) is 13.0. The minimum atomic E-state index is -0.844. The number of hydrogen-bond donors (Lipinski definition) is 2. The Labute approximate surface area is 103 Å². The number of rotatable bonds is 5. The lowest BCUT2D eigenvalue weighted by Gasteiger charge is -2.21. The molecule has 3 heteroatoms. The molecule has 0 saturated carbocycles. The summed E-state index contributed by atoms with van der Waals surface area (Å²) in [5.41, 5.74) is 0.710. The molecular formula is C14H22O3. The number of benzene rings is 1. The Morgan fingerprint density at radius 3 is 1.88 bits per heavy atom. The first-order valence-corrected chi connectivity index (χ1v) is 6.04. The van der Waals surface area contributed by atoms with E-state index < -0.39 is 12.2 Å². The van der Waals surface area contributed by atoms with Crippen molar-refractivity contribution in [3.63, 3.8) is 0 Å². The van der Waals surface area contributed by atoms with Gasteiger partial charge < -0.3 is 14.9 Å². The minimum Gasteiger partial charge on any atom is -0.491 e. The third kappa shape index (κ3) is 4.02. The third-order valence-electron chi connectivity index (χ3n) is 2.60. The fourth-order valence-electron chi connectivity index (χ4n) is 1.58. The lowest BCUT2D eigenvalue weighted by Crippen LogP contribution is -2.23. The molecule has 0 heterocycles. The molecule has 0 saturated heterocycles. The van der Waals surface area contributed by atoms with Gasteiger partial charge in [0.25, 0.3) is 0 Å². The maximum Gasteiger partial charge on any atom is 0.119 e. The molecule has 0 aromatic heterocycles. The van der Waals surface area contributed by atoms with Crippen molar-refractivity contribution in [2.24, 2.45) is 5.92 Å². The molecular weight excluding hydrogens is 216 g/mol. The average Bonchev–Trinajstić information content (AvgIpc) is 2.27. The standard InChI is InChI=1S/C14H22O3/c1-9(2)13(15)14(16)11-5-7-12(8-6-11)17-10(3)4/h5-10,13-16H,1-4H3. The number of aliphatic hydroxyl groups is 2. The molecule has 0 aliphatic rings. The van der Waals surface area contributed by atoms with E-state index in [-0.39, 0.29) is 12.0 Å². The highest BCUT2D eigenvalue weighted by atomic mass is 16.5. The summed E-state index contributed by atoms with van der Waals surface area (Å²) >= 11 is 0. The van der Waals surface area contributed by atoms with Crippen LogP contribution in [0.1, 0.15) is 39.4 Å². The number of aliphatic hydroxyl groups excluding tert-OH is 2. The van der Waals surface area contributed by atoms with E-state index in [0.29, 0.717) is 5.56 Å². The molecule has 0 aliphatic carbocycles. The van der Waals surface area contributed by atoms with Crippen molar-refractivity contribution in [3.05, 3.63) is 29.8 Å². The van der Waals surface area contributed by atoms with Crippen molar-refractivity contribution in [3.8, 4) is 5.75 Å².